The number of rotatable bonds is 0. The van der Waals surface area contributed by atoms with Gasteiger partial charge in [0.05, 0.1) is 0 Å². The maximum atomic E-state index is 14.8. The standard InChI is InChI=1S/C25H9BBrF5N6/c1-8-2-11-12(5-15(8)28)22-34-20-9-3-16(29)17(30)4-10(9)21(33-20)35-23-13-6-18(31)19(32)7-14(13)25-36-24(11)37(22)26(27)38(23)25/h2-7H,1H3. The lowest BCUT2D eigenvalue weighted by atomic mass is 10.1. The SMILES string of the molecule is Cc1cc2c3n4c(c2cc1F)N=C1N=C(N=c2c5cc(F)c(F)cc5c(n2B4Br)=N3)c2cc(F)c(F)cc21. The molecule has 13 heteroatoms. The third kappa shape index (κ3) is 2.61. The van der Waals surface area contributed by atoms with Crippen molar-refractivity contribution in [2.75, 3.05) is 0 Å². The van der Waals surface area contributed by atoms with Crippen LogP contribution in [0.2, 0.25) is 0 Å². The van der Waals surface area contributed by atoms with Crippen LogP contribution in [-0.4, -0.2) is 26.4 Å². The van der Waals surface area contributed by atoms with Gasteiger partial charge in [0.15, 0.2) is 34.9 Å². The predicted molar refractivity (Wildman–Crippen MR) is 135 cm³/mol. The van der Waals surface area contributed by atoms with Crippen LogP contribution in [0.1, 0.15) is 16.7 Å². The van der Waals surface area contributed by atoms with Gasteiger partial charge in [-0.05, 0) is 48.9 Å². The van der Waals surface area contributed by atoms with Crippen molar-refractivity contribution in [3.63, 3.8) is 0 Å². The summed E-state index contributed by atoms with van der Waals surface area (Å²) in [7, 11) is 0. The first-order chi connectivity index (χ1) is 18.2. The molecule has 5 heterocycles. The van der Waals surface area contributed by atoms with Crippen molar-refractivity contribution in [3.05, 3.63) is 93.2 Å². The number of aliphatic imine (C=N–C) groups is 2. The van der Waals surface area contributed by atoms with E-state index < -0.39 is 34.9 Å². The lowest BCUT2D eigenvalue weighted by molar-refractivity contribution is 0.508. The van der Waals surface area contributed by atoms with Gasteiger partial charge in [0, 0.05) is 32.7 Å². The second-order valence-corrected chi connectivity index (χ2v) is 10.0. The largest absolute Gasteiger partial charge is 0.469 e. The van der Waals surface area contributed by atoms with E-state index in [4.69, 9.17) is 4.99 Å². The van der Waals surface area contributed by atoms with E-state index in [0.717, 1.165) is 24.3 Å². The van der Waals surface area contributed by atoms with Crippen LogP contribution >= 0.6 is 15.8 Å². The highest BCUT2D eigenvalue weighted by Crippen LogP contribution is 2.42. The minimum Gasteiger partial charge on any atom is -0.323 e. The fourth-order valence-corrected chi connectivity index (χ4v) is 6.05. The van der Waals surface area contributed by atoms with E-state index in [0.29, 0.717) is 22.2 Å². The van der Waals surface area contributed by atoms with Gasteiger partial charge >= 0.3 is 5.81 Å². The Hall–Kier alpha value is -4.13. The molecule has 0 amide bonds. The Kier molecular flexibility index (Phi) is 4.06. The number of nitrogens with zero attached hydrogens (tertiary/aromatic N) is 6. The van der Waals surface area contributed by atoms with E-state index in [1.165, 1.54) is 6.07 Å². The van der Waals surface area contributed by atoms with E-state index >= 15 is 0 Å². The van der Waals surface area contributed by atoms with Crippen molar-refractivity contribution in [2.45, 2.75) is 6.92 Å². The first-order valence-corrected chi connectivity index (χ1v) is 12.2. The maximum absolute atomic E-state index is 14.8. The van der Waals surface area contributed by atoms with Crippen LogP contribution in [-0.2, 0) is 0 Å². The van der Waals surface area contributed by atoms with Crippen LogP contribution in [0.15, 0.2) is 56.4 Å². The molecule has 0 radical (unpaired) electrons. The molecule has 6 nitrogen and oxygen atoms in total. The van der Waals surface area contributed by atoms with Crippen LogP contribution in [0.3, 0.4) is 0 Å². The summed E-state index contributed by atoms with van der Waals surface area (Å²) in [5.41, 5.74) is 1.15. The van der Waals surface area contributed by atoms with Gasteiger partial charge in [-0.1, -0.05) is 15.8 Å². The summed E-state index contributed by atoms with van der Waals surface area (Å²) in [6.45, 7) is 1.61. The molecule has 0 saturated heterocycles. The Labute approximate surface area is 217 Å². The number of hydrogen-bond donors (Lipinski definition) is 0. The number of benzene rings is 3. The average Bonchev–Trinajstić information content (AvgIpc) is 3.45. The second-order valence-electron chi connectivity index (χ2n) is 9.21. The Morgan fingerprint density at radius 1 is 0.579 bits per heavy atom. The number of halogens is 6. The molecule has 2 aromatic heterocycles. The molecule has 0 saturated carbocycles. The van der Waals surface area contributed by atoms with Crippen molar-refractivity contribution in [3.8, 4) is 0 Å². The molecule has 0 unspecified atom stereocenters. The monoisotopic (exact) mass is 578 g/mol. The number of aromatic nitrogens is 2. The lowest BCUT2D eigenvalue weighted by Gasteiger charge is -2.18. The number of amidine groups is 2. The molecule has 0 atom stereocenters. The van der Waals surface area contributed by atoms with Gasteiger partial charge in [-0.2, -0.15) is 0 Å². The summed E-state index contributed by atoms with van der Waals surface area (Å²) >= 11 is 3.67. The fourth-order valence-electron chi connectivity index (χ4n) is 5.27. The van der Waals surface area contributed by atoms with Crippen molar-refractivity contribution in [2.24, 2.45) is 20.0 Å². The quantitative estimate of drug-likeness (QED) is 0.181. The first kappa shape index (κ1) is 21.9. The molecule has 0 N–H and O–H groups in total. The molecule has 184 valence electrons. The molecule has 0 aliphatic carbocycles. The fraction of sp³-hybridized carbons (Fsp3) is 0.0400. The zero-order valence-corrected chi connectivity index (χ0v) is 20.6. The topological polar surface area (TPSA) is 59.3 Å². The molecule has 8 rings (SSSR count). The van der Waals surface area contributed by atoms with Crippen LogP contribution in [0.25, 0.3) is 21.5 Å². The van der Waals surface area contributed by atoms with Crippen LogP contribution in [0.5, 0.6) is 0 Å². The average molecular weight is 579 g/mol. The van der Waals surface area contributed by atoms with E-state index in [2.05, 4.69) is 30.7 Å². The molecule has 0 fully saturated rings. The highest BCUT2D eigenvalue weighted by atomic mass is 79.9. The van der Waals surface area contributed by atoms with Gasteiger partial charge in [-0.15, -0.1) is 0 Å². The van der Waals surface area contributed by atoms with E-state index in [-0.39, 0.29) is 50.4 Å². The summed E-state index contributed by atoms with van der Waals surface area (Å²) in [6, 6.07) is 6.94. The molecule has 0 spiro atoms. The van der Waals surface area contributed by atoms with Gasteiger partial charge in [0.25, 0.3) is 0 Å². The highest BCUT2D eigenvalue weighted by molar-refractivity contribution is 9.24. The molecular weight excluding hydrogens is 570 g/mol. The lowest BCUT2D eigenvalue weighted by Crippen LogP contribution is -2.44. The van der Waals surface area contributed by atoms with E-state index in [1.54, 1.807) is 21.9 Å². The van der Waals surface area contributed by atoms with Crippen molar-refractivity contribution >= 4 is 66.4 Å². The summed E-state index contributed by atoms with van der Waals surface area (Å²) in [5, 5.41) is 1.48. The Bertz CT molecular complexity index is 2180. The summed E-state index contributed by atoms with van der Waals surface area (Å²) in [5.74, 6) is -4.91. The van der Waals surface area contributed by atoms with Crippen LogP contribution in [0.4, 0.5) is 33.6 Å². The zero-order valence-electron chi connectivity index (χ0n) is 19.0. The minimum atomic E-state index is -1.11. The maximum Gasteiger partial charge on any atom is 0.469 e. The van der Waals surface area contributed by atoms with Crippen molar-refractivity contribution in [1.29, 1.82) is 0 Å². The summed E-state index contributed by atoms with van der Waals surface area (Å²) < 4.78 is 75.6. The summed E-state index contributed by atoms with van der Waals surface area (Å²) in [4.78, 5) is 18.6. The Balaban J connectivity index is 1.66. The third-order valence-electron chi connectivity index (χ3n) is 7.05. The molecule has 3 aromatic carbocycles. The van der Waals surface area contributed by atoms with Crippen LogP contribution in [0, 0.1) is 36.0 Å². The normalized spacial score (nSPS) is 14.9. The number of aryl methyl sites for hydroxylation is 1. The Morgan fingerprint density at radius 2 is 1.08 bits per heavy atom. The molecule has 3 aliphatic heterocycles. The predicted octanol–water partition coefficient (Wildman–Crippen LogP) is 5.11. The summed E-state index contributed by atoms with van der Waals surface area (Å²) in [6.07, 6.45) is 0. The molecular formula is C25H9BBrF5N6. The highest BCUT2D eigenvalue weighted by Gasteiger charge is 2.36. The number of hydrogen-bond acceptors (Lipinski definition) is 4. The molecule has 4 bridgehead atoms. The van der Waals surface area contributed by atoms with E-state index in [1.807, 2.05) is 0 Å². The van der Waals surface area contributed by atoms with Gasteiger partial charge in [-0.25, -0.2) is 41.9 Å². The number of fused-ring (bicyclic) bond motifs is 10. The van der Waals surface area contributed by atoms with Gasteiger partial charge in [-0.3, -0.25) is 0 Å². The van der Waals surface area contributed by atoms with Gasteiger partial charge in [0.2, 0.25) is 0 Å². The van der Waals surface area contributed by atoms with Crippen molar-refractivity contribution < 1.29 is 22.0 Å². The molecule has 38 heavy (non-hydrogen) atoms. The third-order valence-corrected chi connectivity index (χ3v) is 7.87. The van der Waals surface area contributed by atoms with Crippen molar-refractivity contribution in [1.82, 2.24) is 8.96 Å². The van der Waals surface area contributed by atoms with Crippen LogP contribution < -0.4 is 11.0 Å². The molecule has 5 aromatic rings. The Morgan fingerprint density at radius 3 is 1.74 bits per heavy atom. The molecule has 3 aliphatic rings. The zero-order chi connectivity index (χ0) is 26.2. The smallest absolute Gasteiger partial charge is 0.323 e. The van der Waals surface area contributed by atoms with Gasteiger partial charge in [0.1, 0.15) is 28.4 Å². The van der Waals surface area contributed by atoms with E-state index in [9.17, 15) is 22.0 Å². The minimum absolute atomic E-state index is 0.00131. The second kappa shape index (κ2) is 7.04. The first-order valence-electron chi connectivity index (χ1n) is 11.3. The van der Waals surface area contributed by atoms with Gasteiger partial charge < -0.3 is 8.96 Å².